The Labute approximate surface area is 90.9 Å². The van der Waals surface area contributed by atoms with Crippen molar-refractivity contribution in [3.8, 4) is 6.07 Å². The second kappa shape index (κ2) is 4.55. The molecule has 0 amide bonds. The molecule has 0 aliphatic rings. The third-order valence-corrected chi connectivity index (χ3v) is 2.61. The first kappa shape index (κ1) is 12.5. The van der Waals surface area contributed by atoms with Crippen LogP contribution in [0, 0.1) is 23.0 Å². The fourth-order valence-corrected chi connectivity index (χ4v) is 1.58. The number of hydrogen-bond acceptors (Lipinski definition) is 3. The fourth-order valence-electron chi connectivity index (χ4n) is 1.10. The maximum absolute atomic E-state index is 13.2. The Morgan fingerprint density at radius 3 is 2.44 bits per heavy atom. The van der Waals surface area contributed by atoms with Crippen LogP contribution in [0.2, 0.25) is 0 Å². The zero-order chi connectivity index (χ0) is 12.3. The summed E-state index contributed by atoms with van der Waals surface area (Å²) in [6.45, 7) is 0. The average Bonchev–Trinajstić information content (AvgIpc) is 2.17. The Morgan fingerprint density at radius 1 is 1.31 bits per heavy atom. The lowest BCUT2D eigenvalue weighted by molar-refractivity contribution is 0.482. The molecule has 0 saturated carbocycles. The molecule has 0 bridgehead atoms. The van der Waals surface area contributed by atoms with Gasteiger partial charge in [0.1, 0.15) is 17.7 Å². The van der Waals surface area contributed by atoms with Crippen molar-refractivity contribution < 1.29 is 21.8 Å². The molecule has 1 rings (SSSR count). The summed E-state index contributed by atoms with van der Waals surface area (Å²) in [7, 11) is -4.22. The smallest absolute Gasteiger partial charge is 0.265 e. The summed E-state index contributed by atoms with van der Waals surface area (Å²) in [4.78, 5) is 0. The van der Waals surface area contributed by atoms with E-state index in [2.05, 4.69) is 0 Å². The van der Waals surface area contributed by atoms with E-state index < -0.39 is 33.1 Å². The van der Waals surface area contributed by atoms with Gasteiger partial charge in [-0.15, -0.1) is 0 Å². The molecule has 1 aromatic carbocycles. The number of benzene rings is 1. The molecule has 0 saturated heterocycles. The van der Waals surface area contributed by atoms with Crippen LogP contribution in [0.15, 0.2) is 12.1 Å². The van der Waals surface area contributed by atoms with Gasteiger partial charge in [0.15, 0.2) is 0 Å². The summed E-state index contributed by atoms with van der Waals surface area (Å²) >= 11 is 0. The molecule has 0 radical (unpaired) electrons. The Hall–Kier alpha value is -1.52. The van der Waals surface area contributed by atoms with Crippen LogP contribution in [0.3, 0.4) is 0 Å². The lowest BCUT2D eigenvalue weighted by atomic mass is 10.1. The monoisotopic (exact) mass is 247 g/mol. The minimum absolute atomic E-state index is 0.200. The predicted octanol–water partition coefficient (Wildman–Crippen LogP) is 1.27. The largest absolute Gasteiger partial charge is 0.286 e. The van der Waals surface area contributed by atoms with Gasteiger partial charge < -0.3 is 0 Å². The second-order valence-corrected chi connectivity index (χ2v) is 4.64. The molecule has 0 heterocycles. The molecule has 0 fully saturated rings. The highest BCUT2D eigenvalue weighted by molar-refractivity contribution is 7.85. The first-order valence-corrected chi connectivity index (χ1v) is 5.77. The Morgan fingerprint density at radius 2 is 1.94 bits per heavy atom. The molecule has 1 aromatic rings. The number of halogens is 2. The van der Waals surface area contributed by atoms with E-state index in [1.54, 1.807) is 0 Å². The molecule has 0 aliphatic heterocycles. The van der Waals surface area contributed by atoms with Crippen molar-refractivity contribution in [1.82, 2.24) is 0 Å². The van der Waals surface area contributed by atoms with E-state index in [1.165, 1.54) is 6.07 Å². The van der Waals surface area contributed by atoms with Crippen LogP contribution in [0.4, 0.5) is 8.78 Å². The van der Waals surface area contributed by atoms with Crippen molar-refractivity contribution >= 4 is 10.1 Å². The van der Waals surface area contributed by atoms with Gasteiger partial charge in [0.25, 0.3) is 10.1 Å². The van der Waals surface area contributed by atoms with E-state index in [4.69, 9.17) is 9.81 Å². The maximum atomic E-state index is 13.2. The Balaban J connectivity index is 3.00. The van der Waals surface area contributed by atoms with Gasteiger partial charge in [-0.1, -0.05) is 0 Å². The maximum Gasteiger partial charge on any atom is 0.265 e. The van der Waals surface area contributed by atoms with Gasteiger partial charge in [0.2, 0.25) is 0 Å². The van der Waals surface area contributed by atoms with Crippen LogP contribution < -0.4 is 0 Å². The van der Waals surface area contributed by atoms with E-state index >= 15 is 0 Å². The highest BCUT2D eigenvalue weighted by atomic mass is 32.2. The zero-order valence-electron chi connectivity index (χ0n) is 7.94. The summed E-state index contributed by atoms with van der Waals surface area (Å²) in [6, 6.07) is 2.89. The van der Waals surface area contributed by atoms with E-state index in [-0.39, 0.29) is 12.0 Å². The fraction of sp³-hybridized carbons (Fsp3) is 0.222. The standard InChI is InChI=1S/C9H7F2NO3S/c10-8-4-7(5-12)9(11)3-6(8)1-2-16(13,14)15/h3-4H,1-2H2,(H,13,14,15). The zero-order valence-corrected chi connectivity index (χ0v) is 8.76. The summed E-state index contributed by atoms with van der Waals surface area (Å²) in [5, 5.41) is 8.40. The topological polar surface area (TPSA) is 78.2 Å². The van der Waals surface area contributed by atoms with Crippen LogP contribution in [0.1, 0.15) is 11.1 Å². The van der Waals surface area contributed by atoms with Crippen molar-refractivity contribution in [3.63, 3.8) is 0 Å². The van der Waals surface area contributed by atoms with Crippen molar-refractivity contribution in [3.05, 3.63) is 34.9 Å². The molecule has 1 N–H and O–H groups in total. The summed E-state index contributed by atoms with van der Waals surface area (Å²) < 4.78 is 55.5. The lowest BCUT2D eigenvalue weighted by Crippen LogP contribution is -2.08. The number of hydrogen-bond donors (Lipinski definition) is 1. The highest BCUT2D eigenvalue weighted by Gasteiger charge is 2.12. The van der Waals surface area contributed by atoms with E-state index in [0.29, 0.717) is 6.07 Å². The van der Waals surface area contributed by atoms with Gasteiger partial charge in [-0.05, 0) is 24.1 Å². The molecule has 7 heteroatoms. The number of aryl methyl sites for hydroxylation is 1. The van der Waals surface area contributed by atoms with Crippen LogP contribution in [-0.4, -0.2) is 18.7 Å². The second-order valence-electron chi connectivity index (χ2n) is 3.07. The van der Waals surface area contributed by atoms with Crippen molar-refractivity contribution in [2.75, 3.05) is 5.75 Å². The predicted molar refractivity (Wildman–Crippen MR) is 51.2 cm³/mol. The van der Waals surface area contributed by atoms with Crippen LogP contribution in [0.25, 0.3) is 0 Å². The van der Waals surface area contributed by atoms with Crippen LogP contribution in [0.5, 0.6) is 0 Å². The Kier molecular flexibility index (Phi) is 3.57. The van der Waals surface area contributed by atoms with Crippen molar-refractivity contribution in [1.29, 1.82) is 5.26 Å². The number of nitriles is 1. The third-order valence-electron chi connectivity index (χ3n) is 1.89. The SMILES string of the molecule is N#Cc1cc(F)c(CCS(=O)(=O)O)cc1F. The van der Waals surface area contributed by atoms with Crippen molar-refractivity contribution in [2.24, 2.45) is 0 Å². The molecular weight excluding hydrogens is 240 g/mol. The van der Waals surface area contributed by atoms with Gasteiger partial charge in [-0.2, -0.15) is 13.7 Å². The Bertz CT molecular complexity index is 549. The van der Waals surface area contributed by atoms with E-state index in [9.17, 15) is 17.2 Å². The summed E-state index contributed by atoms with van der Waals surface area (Å²) in [5.41, 5.74) is -0.651. The van der Waals surface area contributed by atoms with Gasteiger partial charge >= 0.3 is 0 Å². The van der Waals surface area contributed by atoms with Gasteiger partial charge in [-0.25, -0.2) is 8.78 Å². The first-order chi connectivity index (χ1) is 7.33. The summed E-state index contributed by atoms with van der Waals surface area (Å²) in [6.07, 6.45) is -0.354. The third kappa shape index (κ3) is 3.25. The number of nitrogens with zero attached hydrogens (tertiary/aromatic N) is 1. The first-order valence-electron chi connectivity index (χ1n) is 4.16. The van der Waals surface area contributed by atoms with Gasteiger partial charge in [0, 0.05) is 0 Å². The molecule has 0 spiro atoms. The van der Waals surface area contributed by atoms with Crippen LogP contribution >= 0.6 is 0 Å². The van der Waals surface area contributed by atoms with Crippen molar-refractivity contribution in [2.45, 2.75) is 6.42 Å². The highest BCUT2D eigenvalue weighted by Crippen LogP contribution is 2.15. The molecule has 0 aromatic heterocycles. The molecule has 0 aliphatic carbocycles. The molecule has 16 heavy (non-hydrogen) atoms. The molecular formula is C9H7F2NO3S. The number of rotatable bonds is 3. The van der Waals surface area contributed by atoms with Gasteiger partial charge in [-0.3, -0.25) is 4.55 Å². The van der Waals surface area contributed by atoms with E-state index in [1.807, 2.05) is 0 Å². The molecule has 4 nitrogen and oxygen atoms in total. The van der Waals surface area contributed by atoms with Crippen LogP contribution in [-0.2, 0) is 16.5 Å². The normalized spacial score (nSPS) is 11.1. The lowest BCUT2D eigenvalue weighted by Gasteiger charge is -2.03. The molecule has 0 atom stereocenters. The average molecular weight is 247 g/mol. The molecule has 86 valence electrons. The molecule has 0 unspecified atom stereocenters. The quantitative estimate of drug-likeness (QED) is 0.816. The van der Waals surface area contributed by atoms with Gasteiger partial charge in [0.05, 0.1) is 11.3 Å². The van der Waals surface area contributed by atoms with E-state index in [0.717, 1.165) is 6.07 Å². The minimum atomic E-state index is -4.22. The minimum Gasteiger partial charge on any atom is -0.286 e. The summed E-state index contributed by atoms with van der Waals surface area (Å²) in [5.74, 6) is -2.49.